The molecule has 2 atom stereocenters. The predicted molar refractivity (Wildman–Crippen MR) is 123 cm³/mol. The Labute approximate surface area is 203 Å². The molecule has 8 nitrogen and oxygen atoms in total. The van der Waals surface area contributed by atoms with Gasteiger partial charge < -0.3 is 20.9 Å². The quantitative estimate of drug-likeness (QED) is 0.586. The van der Waals surface area contributed by atoms with Crippen LogP contribution in [-0.4, -0.2) is 64.0 Å². The number of alkyl halides is 2. The van der Waals surface area contributed by atoms with E-state index in [9.17, 15) is 14.9 Å². The summed E-state index contributed by atoms with van der Waals surface area (Å²) in [6, 6.07) is 4.36. The molecule has 0 bridgehead atoms. The molecule has 1 unspecified atom stereocenters. The van der Waals surface area contributed by atoms with Gasteiger partial charge >= 0.3 is 6.03 Å². The summed E-state index contributed by atoms with van der Waals surface area (Å²) in [6.45, 7) is 2.18. The highest BCUT2D eigenvalue weighted by atomic mass is 19.3. The Hall–Kier alpha value is -2.80. The van der Waals surface area contributed by atoms with Crippen LogP contribution in [-0.2, 0) is 10.7 Å². The van der Waals surface area contributed by atoms with Gasteiger partial charge in [0.2, 0.25) is 5.91 Å². The molecule has 2 saturated heterocycles. The highest BCUT2D eigenvalue weighted by molar-refractivity contribution is 5.83. The molecule has 3 amide bonds. The minimum Gasteiger partial charge on any atom is -0.351 e. The molecule has 0 radical (unpaired) electrons. The number of rotatable bonds is 8. The summed E-state index contributed by atoms with van der Waals surface area (Å²) in [6.07, 6.45) is 6.96. The number of pyridine rings is 1. The van der Waals surface area contributed by atoms with Crippen LogP contribution in [0.25, 0.3) is 0 Å². The molecule has 1 aromatic heterocycles. The van der Waals surface area contributed by atoms with Gasteiger partial charge in [-0.2, -0.15) is 5.26 Å². The monoisotopic (exact) mass is 486 g/mol. The molecule has 2 saturated carbocycles. The molecular weight excluding hydrogens is 454 g/mol. The van der Waals surface area contributed by atoms with E-state index in [-0.39, 0.29) is 17.4 Å². The first-order valence-corrected chi connectivity index (χ1v) is 12.5. The number of carbonyl (C=O) groups excluding carboxylic acids is 2. The normalized spacial score (nSPS) is 25.9. The number of nitrogens with two attached hydrogens (primary N) is 1. The molecule has 5 rings (SSSR count). The second-order valence-electron chi connectivity index (χ2n) is 10.8. The van der Waals surface area contributed by atoms with Gasteiger partial charge in [0.05, 0.1) is 18.0 Å². The number of piperidine rings is 1. The van der Waals surface area contributed by atoms with Gasteiger partial charge in [0.15, 0.2) is 0 Å². The van der Waals surface area contributed by atoms with Crippen molar-refractivity contribution in [2.75, 3.05) is 19.6 Å². The van der Waals surface area contributed by atoms with Crippen LogP contribution in [0.2, 0.25) is 0 Å². The van der Waals surface area contributed by atoms with E-state index >= 15 is 8.78 Å². The van der Waals surface area contributed by atoms with Crippen molar-refractivity contribution in [2.24, 2.45) is 17.1 Å². The fraction of sp³-hybridized carbons (Fsp3) is 0.680. The van der Waals surface area contributed by atoms with Crippen molar-refractivity contribution in [1.82, 2.24) is 20.1 Å². The number of halogens is 2. The lowest BCUT2D eigenvalue weighted by Gasteiger charge is -2.62. The summed E-state index contributed by atoms with van der Waals surface area (Å²) >= 11 is 0. The molecule has 35 heavy (non-hydrogen) atoms. The van der Waals surface area contributed by atoms with Crippen LogP contribution >= 0.6 is 0 Å². The second-order valence-corrected chi connectivity index (χ2v) is 10.8. The Balaban J connectivity index is 1.39. The number of aromatic nitrogens is 1. The fourth-order valence-electron chi connectivity index (χ4n) is 6.05. The Morgan fingerprint density at radius 3 is 2.54 bits per heavy atom. The van der Waals surface area contributed by atoms with Crippen LogP contribution in [0.15, 0.2) is 24.5 Å². The van der Waals surface area contributed by atoms with Crippen molar-refractivity contribution >= 4 is 11.9 Å². The summed E-state index contributed by atoms with van der Waals surface area (Å²) < 4.78 is 30.2. The number of nitrogens with one attached hydrogen (secondary N) is 1. The lowest BCUT2D eigenvalue weighted by atomic mass is 9.60. The number of nitrogens with zero attached hydrogens (tertiary/aromatic N) is 4. The number of hydrogen-bond donors (Lipinski definition) is 2. The molecular formula is C25H32F2N6O2. The van der Waals surface area contributed by atoms with Gasteiger partial charge in [0, 0.05) is 42.4 Å². The molecule has 188 valence electrons. The van der Waals surface area contributed by atoms with E-state index in [2.05, 4.69) is 21.3 Å². The average Bonchev–Trinajstić information content (AvgIpc) is 3.77. The summed E-state index contributed by atoms with van der Waals surface area (Å²) in [5, 5.41) is 12.3. The third-order valence-corrected chi connectivity index (χ3v) is 8.49. The maximum Gasteiger partial charge on any atom is 0.315 e. The first kappa shape index (κ1) is 23.9. The van der Waals surface area contributed by atoms with Gasteiger partial charge in [-0.05, 0) is 70.2 Å². The van der Waals surface area contributed by atoms with E-state index in [1.807, 2.05) is 0 Å². The van der Waals surface area contributed by atoms with Crippen molar-refractivity contribution < 1.29 is 18.4 Å². The number of hydrogen-bond acceptors (Lipinski definition) is 5. The third-order valence-electron chi connectivity index (χ3n) is 8.49. The third kappa shape index (κ3) is 4.58. The van der Waals surface area contributed by atoms with Crippen LogP contribution in [0.3, 0.4) is 0 Å². The molecule has 2 aliphatic heterocycles. The summed E-state index contributed by atoms with van der Waals surface area (Å²) in [5.74, 6) is -4.49. The Morgan fingerprint density at radius 2 is 2.00 bits per heavy atom. The van der Waals surface area contributed by atoms with Crippen molar-refractivity contribution in [1.29, 1.82) is 5.26 Å². The van der Waals surface area contributed by atoms with Crippen LogP contribution in [0.5, 0.6) is 0 Å². The minimum atomic E-state index is -3.18. The van der Waals surface area contributed by atoms with Crippen LogP contribution in [0, 0.1) is 22.7 Å². The number of carbonyl (C=O) groups is 2. The Bertz CT molecular complexity index is 1010. The van der Waals surface area contributed by atoms with E-state index in [1.54, 1.807) is 0 Å². The summed E-state index contributed by atoms with van der Waals surface area (Å²) in [7, 11) is 0. The van der Waals surface area contributed by atoms with E-state index in [4.69, 9.17) is 5.73 Å². The molecule has 1 aromatic rings. The van der Waals surface area contributed by atoms with Gasteiger partial charge in [-0.3, -0.25) is 9.78 Å². The van der Waals surface area contributed by atoms with Gasteiger partial charge in [0.25, 0.3) is 5.92 Å². The van der Waals surface area contributed by atoms with Crippen molar-refractivity contribution in [3.05, 3.63) is 30.1 Å². The predicted octanol–water partition coefficient (Wildman–Crippen LogP) is 2.75. The van der Waals surface area contributed by atoms with E-state index in [1.165, 1.54) is 36.1 Å². The van der Waals surface area contributed by atoms with Crippen molar-refractivity contribution in [3.8, 4) is 6.07 Å². The van der Waals surface area contributed by atoms with E-state index in [0.29, 0.717) is 25.4 Å². The number of likely N-dealkylation sites (tertiary alicyclic amines) is 2. The molecule has 2 aliphatic carbocycles. The first-order valence-electron chi connectivity index (χ1n) is 12.5. The van der Waals surface area contributed by atoms with Crippen LogP contribution in [0.4, 0.5) is 13.6 Å². The maximum atomic E-state index is 15.1. The lowest BCUT2D eigenvalue weighted by molar-refractivity contribution is -0.146. The molecule has 0 aromatic carbocycles. The smallest absolute Gasteiger partial charge is 0.315 e. The van der Waals surface area contributed by atoms with E-state index in [0.717, 1.165) is 32.1 Å². The molecule has 3 N–H and O–H groups in total. The summed E-state index contributed by atoms with van der Waals surface area (Å²) in [4.78, 5) is 33.6. The largest absolute Gasteiger partial charge is 0.351 e. The highest BCUT2D eigenvalue weighted by Crippen LogP contribution is 2.52. The van der Waals surface area contributed by atoms with E-state index < -0.39 is 41.8 Å². The Morgan fingerprint density at radius 1 is 1.29 bits per heavy atom. The zero-order valence-corrected chi connectivity index (χ0v) is 19.8. The average molecular weight is 487 g/mol. The van der Waals surface area contributed by atoms with Crippen molar-refractivity contribution in [3.63, 3.8) is 0 Å². The highest BCUT2D eigenvalue weighted by Gasteiger charge is 2.60. The second kappa shape index (κ2) is 8.70. The number of urea groups is 1. The topological polar surface area (TPSA) is 115 Å². The molecule has 4 fully saturated rings. The van der Waals surface area contributed by atoms with Gasteiger partial charge in [-0.25, -0.2) is 13.6 Å². The minimum absolute atomic E-state index is 0.127. The maximum absolute atomic E-state index is 15.1. The molecule has 3 heterocycles. The molecule has 1 spiro atoms. The summed E-state index contributed by atoms with van der Waals surface area (Å²) in [5.41, 5.74) is 4.22. The number of primary amides is 1. The van der Waals surface area contributed by atoms with Gasteiger partial charge in [-0.1, -0.05) is 0 Å². The van der Waals surface area contributed by atoms with Crippen LogP contribution in [0.1, 0.15) is 56.9 Å². The SMILES string of the molecule is N#CC1(NC(=O)[C@@H](CCC(F)(F)c2cccnc2)C2N(C(N)=O)CC23CCN(C2CC2)CC3)CC1. The molecule has 4 aliphatic rings. The number of amides is 3. The zero-order valence-electron chi connectivity index (χ0n) is 19.8. The fourth-order valence-corrected chi connectivity index (χ4v) is 6.05. The standard InChI is InChI=1S/C25H32F2N6O2/c26-25(27,17-2-1-11-30-14-17)6-5-19(21(34)31-24(15-28)7-8-24)20-23(16-33(20)22(29)35)9-12-32(13-10-23)18-3-4-18/h1-2,11,14,18-20H,3-10,12-13,16H2,(H2,29,35)(H,31,34)/t19-,20?/m0/s1. The van der Waals surface area contributed by atoms with Crippen molar-refractivity contribution in [2.45, 2.75) is 74.9 Å². The Kier molecular flexibility index (Phi) is 5.94. The zero-order chi connectivity index (χ0) is 24.8. The molecule has 10 heteroatoms. The van der Waals surface area contributed by atoms with Gasteiger partial charge in [0.1, 0.15) is 5.54 Å². The first-order chi connectivity index (χ1) is 16.7. The number of nitriles is 1. The van der Waals surface area contributed by atoms with Gasteiger partial charge in [-0.15, -0.1) is 0 Å². The van der Waals surface area contributed by atoms with Crippen LogP contribution < -0.4 is 11.1 Å². The lowest BCUT2D eigenvalue weighted by Crippen LogP contribution is -2.73.